The number of nitrogens with zero attached hydrogens (tertiary/aromatic N) is 2. The number of ether oxygens (including phenoxy) is 2. The molecule has 31 heavy (non-hydrogen) atoms. The van der Waals surface area contributed by atoms with E-state index in [-0.39, 0.29) is 0 Å². The SMILES string of the molecule is COc1cc2c(Nc3c(Cl)ccc4ccoc34)ncnc2cc1OCc1ccccc1. The molecule has 2 aromatic heterocycles. The van der Waals surface area contributed by atoms with Crippen molar-refractivity contribution < 1.29 is 13.9 Å². The molecule has 2 heterocycles. The van der Waals surface area contributed by atoms with Crippen LogP contribution in [-0.4, -0.2) is 17.1 Å². The Morgan fingerprint density at radius 3 is 2.71 bits per heavy atom. The molecule has 0 saturated heterocycles. The number of aromatic nitrogens is 2. The van der Waals surface area contributed by atoms with Crippen LogP contribution in [0.15, 0.2) is 77.7 Å². The van der Waals surface area contributed by atoms with Gasteiger partial charge in [-0.3, -0.25) is 0 Å². The lowest BCUT2D eigenvalue weighted by Gasteiger charge is -2.14. The quantitative estimate of drug-likeness (QED) is 0.337. The summed E-state index contributed by atoms with van der Waals surface area (Å²) in [5.41, 5.74) is 3.08. The minimum atomic E-state index is 0.426. The highest BCUT2D eigenvalue weighted by molar-refractivity contribution is 6.35. The zero-order chi connectivity index (χ0) is 21.2. The molecule has 6 nitrogen and oxygen atoms in total. The fraction of sp³-hybridized carbons (Fsp3) is 0.0833. The van der Waals surface area contributed by atoms with E-state index in [1.165, 1.54) is 6.33 Å². The van der Waals surface area contributed by atoms with Crippen LogP contribution in [0.3, 0.4) is 0 Å². The normalized spacial score (nSPS) is 11.0. The lowest BCUT2D eigenvalue weighted by molar-refractivity contribution is 0.285. The topological polar surface area (TPSA) is 69.4 Å². The molecule has 0 aliphatic heterocycles. The number of hydrogen-bond donors (Lipinski definition) is 1. The number of methoxy groups -OCH3 is 1. The van der Waals surface area contributed by atoms with E-state index in [2.05, 4.69) is 15.3 Å². The van der Waals surface area contributed by atoms with Crippen LogP contribution in [0.25, 0.3) is 21.9 Å². The van der Waals surface area contributed by atoms with E-state index >= 15 is 0 Å². The zero-order valence-corrected chi connectivity index (χ0v) is 17.4. The monoisotopic (exact) mass is 431 g/mol. The zero-order valence-electron chi connectivity index (χ0n) is 16.6. The molecule has 5 rings (SSSR count). The average Bonchev–Trinajstić information content (AvgIpc) is 3.29. The summed E-state index contributed by atoms with van der Waals surface area (Å²) in [4.78, 5) is 8.82. The summed E-state index contributed by atoms with van der Waals surface area (Å²) in [5, 5.41) is 5.54. The smallest absolute Gasteiger partial charge is 0.163 e. The van der Waals surface area contributed by atoms with Gasteiger partial charge in [0.15, 0.2) is 17.1 Å². The first-order valence-electron chi connectivity index (χ1n) is 9.65. The number of furan rings is 1. The fourth-order valence-electron chi connectivity index (χ4n) is 3.41. The third kappa shape index (κ3) is 3.73. The Kier molecular flexibility index (Phi) is 5.06. The number of rotatable bonds is 6. The highest BCUT2D eigenvalue weighted by Crippen LogP contribution is 2.38. The van der Waals surface area contributed by atoms with Gasteiger partial charge in [0, 0.05) is 16.8 Å². The molecule has 0 radical (unpaired) electrons. The van der Waals surface area contributed by atoms with Crippen LogP contribution in [0.1, 0.15) is 5.56 Å². The van der Waals surface area contributed by atoms with E-state index in [4.69, 9.17) is 25.5 Å². The second-order valence-electron chi connectivity index (χ2n) is 6.90. The highest BCUT2D eigenvalue weighted by Gasteiger charge is 2.15. The number of halogens is 1. The van der Waals surface area contributed by atoms with E-state index in [1.54, 1.807) is 13.4 Å². The van der Waals surface area contributed by atoms with Gasteiger partial charge in [-0.2, -0.15) is 0 Å². The van der Waals surface area contributed by atoms with Crippen LogP contribution in [0.5, 0.6) is 11.5 Å². The molecule has 0 amide bonds. The Morgan fingerprint density at radius 1 is 1.00 bits per heavy atom. The van der Waals surface area contributed by atoms with Gasteiger partial charge in [-0.05, 0) is 29.8 Å². The number of benzene rings is 3. The van der Waals surface area contributed by atoms with Gasteiger partial charge in [0.1, 0.15) is 24.4 Å². The van der Waals surface area contributed by atoms with E-state index in [0.717, 1.165) is 16.3 Å². The van der Waals surface area contributed by atoms with E-state index in [9.17, 15) is 0 Å². The van der Waals surface area contributed by atoms with Crippen molar-refractivity contribution in [1.82, 2.24) is 9.97 Å². The molecule has 0 bridgehead atoms. The van der Waals surface area contributed by atoms with Gasteiger partial charge in [-0.15, -0.1) is 0 Å². The van der Waals surface area contributed by atoms with Gasteiger partial charge >= 0.3 is 0 Å². The van der Waals surface area contributed by atoms with Gasteiger partial charge < -0.3 is 19.2 Å². The fourth-order valence-corrected chi connectivity index (χ4v) is 3.61. The van der Waals surface area contributed by atoms with Crippen molar-refractivity contribution in [2.24, 2.45) is 0 Å². The van der Waals surface area contributed by atoms with Crippen LogP contribution in [0, 0.1) is 0 Å². The largest absolute Gasteiger partial charge is 0.493 e. The van der Waals surface area contributed by atoms with E-state index < -0.39 is 0 Å². The molecule has 3 aromatic carbocycles. The molecule has 0 aliphatic rings. The molecule has 5 aromatic rings. The molecule has 7 heteroatoms. The van der Waals surface area contributed by atoms with Gasteiger partial charge in [0.25, 0.3) is 0 Å². The van der Waals surface area contributed by atoms with Crippen LogP contribution in [-0.2, 0) is 6.61 Å². The Labute approximate surface area is 183 Å². The standard InChI is InChI=1S/C24H18ClN3O3/c1-29-20-11-17-19(12-21(20)31-13-15-5-3-2-4-6-15)26-14-27-24(17)28-22-18(25)8-7-16-9-10-30-23(16)22/h2-12,14H,13H2,1H3,(H,26,27,28). The minimum Gasteiger partial charge on any atom is -0.493 e. The van der Waals surface area contributed by atoms with Crippen molar-refractivity contribution in [2.45, 2.75) is 6.61 Å². The maximum Gasteiger partial charge on any atom is 0.163 e. The molecule has 0 aliphatic carbocycles. The average molecular weight is 432 g/mol. The number of nitrogens with one attached hydrogen (secondary N) is 1. The first-order chi connectivity index (χ1) is 15.2. The molecular formula is C24H18ClN3O3. The van der Waals surface area contributed by atoms with Crippen molar-refractivity contribution in [2.75, 3.05) is 12.4 Å². The van der Waals surface area contributed by atoms with Gasteiger partial charge in [-0.25, -0.2) is 9.97 Å². The second kappa shape index (κ2) is 8.16. The molecule has 0 saturated carbocycles. The highest BCUT2D eigenvalue weighted by atomic mass is 35.5. The summed E-state index contributed by atoms with van der Waals surface area (Å²) in [6, 6.07) is 19.3. The second-order valence-corrected chi connectivity index (χ2v) is 7.31. The van der Waals surface area contributed by atoms with Crippen LogP contribution < -0.4 is 14.8 Å². The molecule has 1 N–H and O–H groups in total. The van der Waals surface area contributed by atoms with Crippen molar-refractivity contribution >= 4 is 45.0 Å². The summed E-state index contributed by atoms with van der Waals surface area (Å²) >= 11 is 6.43. The molecule has 0 unspecified atom stereocenters. The maximum atomic E-state index is 6.43. The van der Waals surface area contributed by atoms with Crippen molar-refractivity contribution in [3.05, 3.63) is 83.8 Å². The summed E-state index contributed by atoms with van der Waals surface area (Å²) in [7, 11) is 1.61. The lowest BCUT2D eigenvalue weighted by Crippen LogP contribution is -2.00. The van der Waals surface area contributed by atoms with Gasteiger partial charge in [-0.1, -0.05) is 41.9 Å². The Balaban J connectivity index is 1.53. The number of hydrogen-bond acceptors (Lipinski definition) is 6. The molecule has 0 fully saturated rings. The summed E-state index contributed by atoms with van der Waals surface area (Å²) in [5.74, 6) is 1.78. The van der Waals surface area contributed by atoms with Crippen LogP contribution in [0.4, 0.5) is 11.5 Å². The lowest BCUT2D eigenvalue weighted by atomic mass is 10.2. The van der Waals surface area contributed by atoms with Crippen molar-refractivity contribution in [1.29, 1.82) is 0 Å². The summed E-state index contributed by atoms with van der Waals surface area (Å²) in [6.45, 7) is 0.426. The number of fused-ring (bicyclic) bond motifs is 2. The van der Waals surface area contributed by atoms with E-state index in [0.29, 0.717) is 45.7 Å². The predicted molar refractivity (Wildman–Crippen MR) is 121 cm³/mol. The third-order valence-corrected chi connectivity index (χ3v) is 5.29. The Hall–Kier alpha value is -3.77. The third-order valence-electron chi connectivity index (χ3n) is 4.97. The Bertz CT molecular complexity index is 1370. The van der Waals surface area contributed by atoms with Crippen molar-refractivity contribution in [3.8, 4) is 11.5 Å². The van der Waals surface area contributed by atoms with Crippen LogP contribution in [0.2, 0.25) is 5.02 Å². The summed E-state index contributed by atoms with van der Waals surface area (Å²) in [6.07, 6.45) is 3.12. The Morgan fingerprint density at radius 2 is 1.87 bits per heavy atom. The van der Waals surface area contributed by atoms with E-state index in [1.807, 2.05) is 60.7 Å². The van der Waals surface area contributed by atoms with Gasteiger partial charge in [0.05, 0.1) is 23.9 Å². The first kappa shape index (κ1) is 19.2. The number of anilines is 2. The first-order valence-corrected chi connectivity index (χ1v) is 10.0. The molecule has 0 atom stereocenters. The van der Waals surface area contributed by atoms with Crippen LogP contribution >= 0.6 is 11.6 Å². The minimum absolute atomic E-state index is 0.426. The van der Waals surface area contributed by atoms with Gasteiger partial charge in [0.2, 0.25) is 0 Å². The molecular weight excluding hydrogens is 414 g/mol. The summed E-state index contributed by atoms with van der Waals surface area (Å²) < 4.78 is 17.2. The maximum absolute atomic E-state index is 6.43. The van der Waals surface area contributed by atoms with Crippen molar-refractivity contribution in [3.63, 3.8) is 0 Å². The molecule has 0 spiro atoms. The molecule has 154 valence electrons. The predicted octanol–water partition coefficient (Wildman–Crippen LogP) is 6.36.